The number of nitrogens with zero attached hydrogens (tertiary/aromatic N) is 4. The first-order valence-electron chi connectivity index (χ1n) is 11.5. The highest BCUT2D eigenvalue weighted by atomic mass is 32.2. The standard InChI is InChI=1S/C22H43N5OS/c1-7-26-10-8-9-19(26)15-23-22(29-6)24-20(17(2)3)16-25-11-13-27(14-12-25)21(28)18(4)5/h17-20H,7-16H2,1-6H3,(H,23,24). The van der Waals surface area contributed by atoms with Crippen LogP contribution in [-0.4, -0.2) is 96.5 Å². The van der Waals surface area contributed by atoms with Gasteiger partial charge in [0, 0.05) is 50.7 Å². The summed E-state index contributed by atoms with van der Waals surface area (Å²) in [5.74, 6) is 0.907. The number of amidine groups is 1. The van der Waals surface area contributed by atoms with E-state index in [1.165, 1.54) is 19.4 Å². The normalized spacial score (nSPS) is 23.2. The number of aliphatic imine (C=N–C) groups is 1. The molecule has 1 N–H and O–H groups in total. The average Bonchev–Trinajstić information content (AvgIpc) is 3.17. The molecule has 2 aliphatic rings. The third-order valence-electron chi connectivity index (χ3n) is 6.29. The molecular weight excluding hydrogens is 382 g/mol. The van der Waals surface area contributed by atoms with Crippen molar-refractivity contribution in [3.63, 3.8) is 0 Å². The van der Waals surface area contributed by atoms with Crippen molar-refractivity contribution in [2.45, 2.75) is 59.5 Å². The summed E-state index contributed by atoms with van der Waals surface area (Å²) in [5, 5.41) is 4.80. The Labute approximate surface area is 182 Å². The second-order valence-corrected chi connectivity index (χ2v) is 9.84. The van der Waals surface area contributed by atoms with Crippen molar-refractivity contribution in [1.29, 1.82) is 0 Å². The smallest absolute Gasteiger partial charge is 0.225 e. The first-order valence-corrected chi connectivity index (χ1v) is 12.7. The number of likely N-dealkylation sites (N-methyl/N-ethyl adjacent to an activating group) is 1. The van der Waals surface area contributed by atoms with Gasteiger partial charge in [0.1, 0.15) is 0 Å². The number of nitrogens with one attached hydrogen (secondary N) is 1. The predicted molar refractivity (Wildman–Crippen MR) is 126 cm³/mol. The van der Waals surface area contributed by atoms with E-state index >= 15 is 0 Å². The van der Waals surface area contributed by atoms with E-state index in [1.807, 2.05) is 18.7 Å². The molecule has 2 rings (SSSR count). The van der Waals surface area contributed by atoms with Crippen molar-refractivity contribution in [2.24, 2.45) is 16.8 Å². The van der Waals surface area contributed by atoms with Crippen LogP contribution in [-0.2, 0) is 4.79 Å². The number of hydrogen-bond acceptors (Lipinski definition) is 5. The highest BCUT2D eigenvalue weighted by molar-refractivity contribution is 8.13. The molecule has 0 aromatic carbocycles. The van der Waals surface area contributed by atoms with Crippen LogP contribution in [0.25, 0.3) is 0 Å². The summed E-state index contributed by atoms with van der Waals surface area (Å²) in [4.78, 5) is 24.2. The lowest BCUT2D eigenvalue weighted by atomic mass is 10.0. The van der Waals surface area contributed by atoms with E-state index in [0.717, 1.165) is 51.0 Å². The van der Waals surface area contributed by atoms with Crippen molar-refractivity contribution >= 4 is 22.8 Å². The van der Waals surface area contributed by atoms with E-state index in [0.29, 0.717) is 18.0 Å². The maximum atomic E-state index is 12.2. The minimum atomic E-state index is 0.0930. The van der Waals surface area contributed by atoms with Gasteiger partial charge in [0.25, 0.3) is 0 Å². The van der Waals surface area contributed by atoms with Gasteiger partial charge < -0.3 is 10.2 Å². The molecule has 0 aliphatic carbocycles. The van der Waals surface area contributed by atoms with Gasteiger partial charge in [-0.05, 0) is 38.1 Å². The van der Waals surface area contributed by atoms with E-state index in [2.05, 4.69) is 42.1 Å². The first-order chi connectivity index (χ1) is 13.8. The quantitative estimate of drug-likeness (QED) is 0.479. The van der Waals surface area contributed by atoms with Crippen molar-refractivity contribution < 1.29 is 4.79 Å². The molecule has 2 fully saturated rings. The van der Waals surface area contributed by atoms with Gasteiger partial charge >= 0.3 is 0 Å². The molecule has 2 heterocycles. The molecule has 168 valence electrons. The van der Waals surface area contributed by atoms with E-state index in [-0.39, 0.29) is 11.8 Å². The van der Waals surface area contributed by atoms with Crippen molar-refractivity contribution in [1.82, 2.24) is 20.0 Å². The molecule has 6 nitrogen and oxygen atoms in total. The number of thioether (sulfide) groups is 1. The molecule has 1 amide bonds. The largest absolute Gasteiger partial charge is 0.361 e. The fourth-order valence-electron chi connectivity index (χ4n) is 4.25. The summed E-state index contributed by atoms with van der Waals surface area (Å²) >= 11 is 1.73. The number of rotatable bonds is 8. The van der Waals surface area contributed by atoms with E-state index < -0.39 is 0 Å². The zero-order valence-corrected chi connectivity index (χ0v) is 20.3. The lowest BCUT2D eigenvalue weighted by molar-refractivity contribution is -0.136. The second kappa shape index (κ2) is 12.2. The zero-order chi connectivity index (χ0) is 21.4. The van der Waals surface area contributed by atoms with Crippen LogP contribution in [0.1, 0.15) is 47.5 Å². The molecule has 2 saturated heterocycles. The zero-order valence-electron chi connectivity index (χ0n) is 19.5. The molecule has 2 aliphatic heterocycles. The predicted octanol–water partition coefficient (Wildman–Crippen LogP) is 2.60. The van der Waals surface area contributed by atoms with Gasteiger partial charge in [-0.2, -0.15) is 0 Å². The third-order valence-corrected chi connectivity index (χ3v) is 6.92. The number of piperazine rings is 1. The van der Waals surface area contributed by atoms with Crippen LogP contribution in [0.15, 0.2) is 4.99 Å². The Bertz CT molecular complexity index is 531. The van der Waals surface area contributed by atoms with Gasteiger partial charge in [0.2, 0.25) is 5.91 Å². The van der Waals surface area contributed by atoms with Crippen LogP contribution in [0.2, 0.25) is 0 Å². The highest BCUT2D eigenvalue weighted by Gasteiger charge is 2.26. The Hall–Kier alpha value is -0.790. The monoisotopic (exact) mass is 425 g/mol. The second-order valence-electron chi connectivity index (χ2n) is 9.05. The van der Waals surface area contributed by atoms with E-state index in [1.54, 1.807) is 11.8 Å². The van der Waals surface area contributed by atoms with Crippen LogP contribution >= 0.6 is 11.8 Å². The molecule has 0 aromatic heterocycles. The lowest BCUT2D eigenvalue weighted by Gasteiger charge is -2.38. The highest BCUT2D eigenvalue weighted by Crippen LogP contribution is 2.17. The minimum absolute atomic E-state index is 0.0930. The Morgan fingerprint density at radius 1 is 1.14 bits per heavy atom. The molecular formula is C22H43N5OS. The Morgan fingerprint density at radius 2 is 1.83 bits per heavy atom. The van der Waals surface area contributed by atoms with E-state index in [9.17, 15) is 4.79 Å². The maximum absolute atomic E-state index is 12.2. The molecule has 29 heavy (non-hydrogen) atoms. The Morgan fingerprint density at radius 3 is 2.38 bits per heavy atom. The summed E-state index contributed by atoms with van der Waals surface area (Å²) in [6, 6.07) is 0.979. The molecule has 2 atom stereocenters. The minimum Gasteiger partial charge on any atom is -0.361 e. The molecule has 0 aromatic rings. The lowest BCUT2D eigenvalue weighted by Crippen LogP contribution is -2.54. The molecule has 7 heteroatoms. The summed E-state index contributed by atoms with van der Waals surface area (Å²) in [6.07, 6.45) is 4.69. The fraction of sp³-hybridized carbons (Fsp3) is 0.909. The summed E-state index contributed by atoms with van der Waals surface area (Å²) in [7, 11) is 0. The number of carbonyl (C=O) groups excluding carboxylic acids is 1. The van der Waals surface area contributed by atoms with Crippen LogP contribution in [0.4, 0.5) is 0 Å². The van der Waals surface area contributed by atoms with Gasteiger partial charge in [0.05, 0.1) is 6.54 Å². The average molecular weight is 426 g/mol. The van der Waals surface area contributed by atoms with Crippen molar-refractivity contribution in [2.75, 3.05) is 58.6 Å². The van der Waals surface area contributed by atoms with Crippen LogP contribution in [0.3, 0.4) is 0 Å². The van der Waals surface area contributed by atoms with Crippen LogP contribution in [0, 0.1) is 11.8 Å². The van der Waals surface area contributed by atoms with Crippen LogP contribution < -0.4 is 5.32 Å². The van der Waals surface area contributed by atoms with Crippen molar-refractivity contribution in [3.8, 4) is 0 Å². The number of amides is 1. The summed E-state index contributed by atoms with van der Waals surface area (Å²) < 4.78 is 0. The maximum Gasteiger partial charge on any atom is 0.225 e. The molecule has 0 radical (unpaired) electrons. The van der Waals surface area contributed by atoms with Gasteiger partial charge in [-0.3, -0.25) is 19.6 Å². The van der Waals surface area contributed by atoms with Crippen LogP contribution in [0.5, 0.6) is 0 Å². The Kier molecular flexibility index (Phi) is 10.3. The molecule has 2 unspecified atom stereocenters. The fourth-order valence-corrected chi connectivity index (χ4v) is 4.72. The van der Waals surface area contributed by atoms with Crippen molar-refractivity contribution in [3.05, 3.63) is 0 Å². The van der Waals surface area contributed by atoms with Gasteiger partial charge in [-0.1, -0.05) is 46.4 Å². The van der Waals surface area contributed by atoms with Gasteiger partial charge in [-0.25, -0.2) is 0 Å². The number of hydrogen-bond donors (Lipinski definition) is 1. The van der Waals surface area contributed by atoms with Gasteiger partial charge in [0.15, 0.2) is 5.17 Å². The van der Waals surface area contributed by atoms with E-state index in [4.69, 9.17) is 4.99 Å². The molecule has 0 spiro atoms. The Balaban J connectivity index is 1.87. The number of likely N-dealkylation sites (tertiary alicyclic amines) is 1. The summed E-state index contributed by atoms with van der Waals surface area (Å²) in [5.41, 5.74) is 0. The first kappa shape index (κ1) is 24.5. The van der Waals surface area contributed by atoms with Gasteiger partial charge in [-0.15, -0.1) is 0 Å². The molecule has 0 bridgehead atoms. The topological polar surface area (TPSA) is 51.2 Å². The number of carbonyl (C=O) groups is 1. The summed E-state index contributed by atoms with van der Waals surface area (Å²) in [6.45, 7) is 18.7. The molecule has 0 saturated carbocycles. The SMILES string of the molecule is CCN1CCCC1CN=C(NC(CN1CCN(C(=O)C(C)C)CC1)C(C)C)SC. The third kappa shape index (κ3) is 7.44.